The molecule has 0 aromatic rings. The minimum absolute atomic E-state index is 0.350. The van der Waals surface area contributed by atoms with Crippen molar-refractivity contribution in [2.45, 2.75) is 76.5 Å². The first-order valence-electron chi connectivity index (χ1n) is 8.55. The molecule has 3 aliphatic rings. The molecule has 1 atom stereocenters. The van der Waals surface area contributed by atoms with Crippen molar-refractivity contribution in [1.29, 1.82) is 0 Å². The average Bonchev–Trinajstić information content (AvgIpc) is 2.76. The highest BCUT2D eigenvalue weighted by molar-refractivity contribution is 7.98. The Morgan fingerprint density at radius 3 is 2.30 bits per heavy atom. The van der Waals surface area contributed by atoms with E-state index in [-0.39, 0.29) is 0 Å². The summed E-state index contributed by atoms with van der Waals surface area (Å²) in [6.07, 6.45) is 9.86. The lowest BCUT2D eigenvalue weighted by molar-refractivity contribution is -0.0625. The highest BCUT2D eigenvalue weighted by atomic mass is 32.2. The zero-order valence-corrected chi connectivity index (χ0v) is 14.3. The van der Waals surface area contributed by atoms with Crippen molar-refractivity contribution < 1.29 is 4.74 Å². The third-order valence-electron chi connectivity index (χ3n) is 5.58. The molecule has 2 aliphatic heterocycles. The van der Waals surface area contributed by atoms with Gasteiger partial charge >= 0.3 is 0 Å². The first-order chi connectivity index (χ1) is 9.51. The first kappa shape index (κ1) is 15.2. The molecule has 2 heterocycles. The monoisotopic (exact) mass is 297 g/mol. The van der Waals surface area contributed by atoms with Crippen LogP contribution in [0.2, 0.25) is 0 Å². The van der Waals surface area contributed by atoms with E-state index in [4.69, 9.17) is 4.74 Å². The zero-order chi connectivity index (χ0) is 14.2. The van der Waals surface area contributed by atoms with Crippen molar-refractivity contribution in [3.8, 4) is 0 Å². The van der Waals surface area contributed by atoms with E-state index in [1.165, 1.54) is 51.5 Å². The second-order valence-electron chi connectivity index (χ2n) is 7.98. The van der Waals surface area contributed by atoms with Crippen LogP contribution in [-0.4, -0.2) is 34.9 Å². The number of rotatable bonds is 3. The summed E-state index contributed by atoms with van der Waals surface area (Å²) in [7, 11) is 0. The van der Waals surface area contributed by atoms with Gasteiger partial charge in [0.25, 0.3) is 0 Å². The normalized spacial score (nSPS) is 32.2. The van der Waals surface area contributed by atoms with Crippen molar-refractivity contribution in [2.75, 3.05) is 19.8 Å². The number of ether oxygens (including phenoxy) is 1. The lowest BCUT2D eigenvalue weighted by atomic mass is 9.55. The highest BCUT2D eigenvalue weighted by Gasteiger charge is 2.53. The Balaban J connectivity index is 1.74. The molecule has 3 rings (SSSR count). The Hall–Kier alpha value is 0.270. The summed E-state index contributed by atoms with van der Waals surface area (Å²) in [5.41, 5.74) is 0.637. The average molecular weight is 298 g/mol. The molecule has 0 bridgehead atoms. The standard InChI is InChI=1S/C17H31NOS/c1-16(2,3)20-18-11-4-6-15(18)17(9-5-10-17)14-7-12-19-13-8-14/h14-15H,4-13H2,1-3H3. The number of hydrogen-bond donors (Lipinski definition) is 0. The summed E-state index contributed by atoms with van der Waals surface area (Å²) >= 11 is 2.11. The molecule has 0 radical (unpaired) electrons. The van der Waals surface area contributed by atoms with E-state index in [0.29, 0.717) is 10.2 Å². The molecule has 0 aromatic carbocycles. The van der Waals surface area contributed by atoms with Gasteiger partial charge in [-0.05, 0) is 70.6 Å². The smallest absolute Gasteiger partial charge is 0.0468 e. The van der Waals surface area contributed by atoms with Gasteiger partial charge in [-0.15, -0.1) is 0 Å². The molecular weight excluding hydrogens is 266 g/mol. The fraction of sp³-hybridized carbons (Fsp3) is 1.00. The number of nitrogens with zero attached hydrogens (tertiary/aromatic N) is 1. The van der Waals surface area contributed by atoms with E-state index >= 15 is 0 Å². The maximum Gasteiger partial charge on any atom is 0.0468 e. The van der Waals surface area contributed by atoms with Gasteiger partial charge in [-0.2, -0.15) is 0 Å². The maximum absolute atomic E-state index is 5.61. The van der Waals surface area contributed by atoms with Gasteiger partial charge in [-0.25, -0.2) is 4.31 Å². The summed E-state index contributed by atoms with van der Waals surface area (Å²) in [6, 6.07) is 0.837. The second kappa shape index (κ2) is 5.81. The minimum Gasteiger partial charge on any atom is -0.381 e. The van der Waals surface area contributed by atoms with Gasteiger partial charge in [-0.1, -0.05) is 18.4 Å². The molecule has 0 amide bonds. The summed E-state index contributed by atoms with van der Waals surface area (Å²) < 4.78 is 8.74. The lowest BCUT2D eigenvalue weighted by Crippen LogP contribution is -2.52. The third kappa shape index (κ3) is 2.91. The fourth-order valence-electron chi connectivity index (χ4n) is 4.65. The summed E-state index contributed by atoms with van der Waals surface area (Å²) in [5.74, 6) is 0.927. The van der Waals surface area contributed by atoms with Gasteiger partial charge < -0.3 is 4.74 Å². The molecule has 2 saturated heterocycles. The SMILES string of the molecule is CC(C)(C)SN1CCCC1C1(C2CCOCC2)CCC1. The van der Waals surface area contributed by atoms with Crippen LogP contribution in [0.4, 0.5) is 0 Å². The molecule has 3 fully saturated rings. The van der Waals surface area contributed by atoms with E-state index in [9.17, 15) is 0 Å². The van der Waals surface area contributed by atoms with Crippen LogP contribution in [0.25, 0.3) is 0 Å². The topological polar surface area (TPSA) is 12.5 Å². The molecule has 2 nitrogen and oxygen atoms in total. The minimum atomic E-state index is 0.350. The Bertz CT molecular complexity index is 328. The molecule has 0 N–H and O–H groups in total. The van der Waals surface area contributed by atoms with E-state index in [1.807, 2.05) is 0 Å². The van der Waals surface area contributed by atoms with Gasteiger partial charge in [-0.3, -0.25) is 0 Å². The predicted molar refractivity (Wildman–Crippen MR) is 86.9 cm³/mol. The summed E-state index contributed by atoms with van der Waals surface area (Å²) in [5, 5.41) is 0. The van der Waals surface area contributed by atoms with E-state index in [2.05, 4.69) is 37.0 Å². The van der Waals surface area contributed by atoms with Gasteiger partial charge in [0.1, 0.15) is 0 Å². The quantitative estimate of drug-likeness (QED) is 0.712. The second-order valence-corrected chi connectivity index (χ2v) is 9.85. The molecule has 1 saturated carbocycles. The van der Waals surface area contributed by atoms with Crippen LogP contribution >= 0.6 is 11.9 Å². The van der Waals surface area contributed by atoms with Crippen LogP contribution in [0.15, 0.2) is 0 Å². The first-order valence-corrected chi connectivity index (χ1v) is 9.32. The van der Waals surface area contributed by atoms with Gasteiger partial charge in [0.05, 0.1) is 0 Å². The van der Waals surface area contributed by atoms with E-state index in [1.54, 1.807) is 0 Å². The van der Waals surface area contributed by atoms with Crippen LogP contribution in [0.3, 0.4) is 0 Å². The van der Waals surface area contributed by atoms with E-state index < -0.39 is 0 Å². The summed E-state index contributed by atoms with van der Waals surface area (Å²) in [6.45, 7) is 10.4. The molecule has 20 heavy (non-hydrogen) atoms. The van der Waals surface area contributed by atoms with Crippen LogP contribution in [0.1, 0.15) is 65.7 Å². The Morgan fingerprint density at radius 2 is 1.75 bits per heavy atom. The molecular formula is C17H31NOS. The van der Waals surface area contributed by atoms with Crippen molar-refractivity contribution >= 4 is 11.9 Å². The molecule has 3 heteroatoms. The maximum atomic E-state index is 5.61. The van der Waals surface area contributed by atoms with E-state index in [0.717, 1.165) is 25.2 Å². The largest absolute Gasteiger partial charge is 0.381 e. The lowest BCUT2D eigenvalue weighted by Gasteiger charge is -2.55. The van der Waals surface area contributed by atoms with Crippen LogP contribution in [-0.2, 0) is 4.74 Å². The molecule has 0 aromatic heterocycles. The Labute approximate surface area is 129 Å². The molecule has 1 unspecified atom stereocenters. The van der Waals surface area contributed by atoms with Crippen LogP contribution < -0.4 is 0 Å². The number of hydrogen-bond acceptors (Lipinski definition) is 3. The molecule has 0 spiro atoms. The third-order valence-corrected chi connectivity index (χ3v) is 6.80. The zero-order valence-electron chi connectivity index (χ0n) is 13.5. The van der Waals surface area contributed by atoms with Crippen LogP contribution in [0, 0.1) is 11.3 Å². The van der Waals surface area contributed by atoms with Crippen LogP contribution in [0.5, 0.6) is 0 Å². The fourth-order valence-corrected chi connectivity index (χ4v) is 6.01. The van der Waals surface area contributed by atoms with Gasteiger partial charge in [0, 0.05) is 30.5 Å². The molecule has 116 valence electrons. The summed E-state index contributed by atoms with van der Waals surface area (Å²) in [4.78, 5) is 0. The van der Waals surface area contributed by atoms with Crippen molar-refractivity contribution in [2.24, 2.45) is 11.3 Å². The Morgan fingerprint density at radius 1 is 1.05 bits per heavy atom. The van der Waals surface area contributed by atoms with Gasteiger partial charge in [0.15, 0.2) is 0 Å². The van der Waals surface area contributed by atoms with Crippen molar-refractivity contribution in [3.05, 3.63) is 0 Å². The molecule has 1 aliphatic carbocycles. The van der Waals surface area contributed by atoms with Crippen molar-refractivity contribution in [1.82, 2.24) is 4.31 Å². The highest BCUT2D eigenvalue weighted by Crippen LogP contribution is 2.57. The predicted octanol–water partition coefficient (Wildman–Crippen LogP) is 4.49. The van der Waals surface area contributed by atoms with Crippen molar-refractivity contribution in [3.63, 3.8) is 0 Å². The Kier molecular flexibility index (Phi) is 4.41. The van der Waals surface area contributed by atoms with Gasteiger partial charge in [0.2, 0.25) is 0 Å².